The third kappa shape index (κ3) is 3.34. The molecule has 1 N–H and O–H groups in total. The van der Waals surface area contributed by atoms with E-state index in [2.05, 4.69) is 28.2 Å². The highest BCUT2D eigenvalue weighted by Crippen LogP contribution is 2.33. The molecule has 0 heterocycles. The molecular formula is C15H18BrClFNO. The smallest absolute Gasteiger partial charge is 0.254 e. The number of benzene rings is 1. The quantitative estimate of drug-likeness (QED) is 0.788. The molecule has 0 atom stereocenters. The summed E-state index contributed by atoms with van der Waals surface area (Å²) < 4.78 is 14.3. The van der Waals surface area contributed by atoms with Crippen LogP contribution in [0.25, 0.3) is 0 Å². The molecule has 5 heteroatoms. The molecule has 110 valence electrons. The molecule has 0 aromatic heterocycles. The Bertz CT molecular complexity index is 501. The second kappa shape index (κ2) is 6.44. The lowest BCUT2D eigenvalue weighted by Gasteiger charge is -2.38. The number of nitrogens with one attached hydrogen (secondary N) is 1. The van der Waals surface area contributed by atoms with Crippen LogP contribution in [-0.4, -0.2) is 17.3 Å². The Hall–Kier alpha value is -0.610. The van der Waals surface area contributed by atoms with Crippen molar-refractivity contribution in [2.75, 3.05) is 5.88 Å². The molecule has 1 saturated carbocycles. The number of rotatable bonds is 3. The van der Waals surface area contributed by atoms with E-state index in [0.29, 0.717) is 16.3 Å². The number of hydrogen-bond acceptors (Lipinski definition) is 1. The van der Waals surface area contributed by atoms with Crippen molar-refractivity contribution in [2.24, 2.45) is 5.92 Å². The number of halogens is 3. The van der Waals surface area contributed by atoms with Crippen molar-refractivity contribution in [3.8, 4) is 0 Å². The van der Waals surface area contributed by atoms with Crippen molar-refractivity contribution in [2.45, 2.75) is 38.1 Å². The van der Waals surface area contributed by atoms with Gasteiger partial charge in [-0.25, -0.2) is 4.39 Å². The Morgan fingerprint density at radius 2 is 2.15 bits per heavy atom. The van der Waals surface area contributed by atoms with Crippen LogP contribution >= 0.6 is 27.5 Å². The van der Waals surface area contributed by atoms with Gasteiger partial charge in [0, 0.05) is 5.88 Å². The van der Waals surface area contributed by atoms with Crippen LogP contribution < -0.4 is 5.32 Å². The number of carbonyl (C=O) groups excluding carboxylic acids is 1. The van der Waals surface area contributed by atoms with E-state index in [1.165, 1.54) is 6.07 Å². The summed E-state index contributed by atoms with van der Waals surface area (Å²) in [7, 11) is 0. The van der Waals surface area contributed by atoms with Crippen molar-refractivity contribution in [3.05, 3.63) is 34.1 Å². The second-order valence-corrected chi connectivity index (χ2v) is 6.77. The van der Waals surface area contributed by atoms with Crippen molar-refractivity contribution in [3.63, 3.8) is 0 Å². The van der Waals surface area contributed by atoms with Gasteiger partial charge in [0.05, 0.1) is 15.6 Å². The summed E-state index contributed by atoms with van der Waals surface area (Å²) in [5, 5.41) is 2.96. The lowest BCUT2D eigenvalue weighted by Crippen LogP contribution is -2.52. The largest absolute Gasteiger partial charge is 0.345 e. The summed E-state index contributed by atoms with van der Waals surface area (Å²) in [6.45, 7) is 2.20. The van der Waals surface area contributed by atoms with Gasteiger partial charge in [-0.3, -0.25) is 4.79 Å². The van der Waals surface area contributed by atoms with E-state index in [9.17, 15) is 9.18 Å². The van der Waals surface area contributed by atoms with E-state index in [1.807, 2.05) is 0 Å². The summed E-state index contributed by atoms with van der Waals surface area (Å²) in [5.74, 6) is 0.102. The number of amides is 1. The van der Waals surface area contributed by atoms with Crippen molar-refractivity contribution in [1.82, 2.24) is 5.32 Å². The minimum absolute atomic E-state index is 0.0579. The van der Waals surface area contributed by atoms with Gasteiger partial charge < -0.3 is 5.32 Å². The molecule has 0 unspecified atom stereocenters. The maximum absolute atomic E-state index is 14.0. The molecule has 20 heavy (non-hydrogen) atoms. The monoisotopic (exact) mass is 361 g/mol. The molecule has 0 aliphatic heterocycles. The van der Waals surface area contributed by atoms with Gasteiger partial charge in [0.1, 0.15) is 5.82 Å². The van der Waals surface area contributed by atoms with Crippen LogP contribution in [0, 0.1) is 11.7 Å². The van der Waals surface area contributed by atoms with E-state index in [-0.39, 0.29) is 11.5 Å². The van der Waals surface area contributed by atoms with Crippen LogP contribution in [0.2, 0.25) is 0 Å². The maximum Gasteiger partial charge on any atom is 0.254 e. The number of alkyl halides is 1. The topological polar surface area (TPSA) is 29.1 Å². The first-order valence-electron chi connectivity index (χ1n) is 6.80. The molecule has 0 spiro atoms. The lowest BCUT2D eigenvalue weighted by atomic mass is 9.78. The van der Waals surface area contributed by atoms with E-state index in [0.717, 1.165) is 25.7 Å². The summed E-state index contributed by atoms with van der Waals surface area (Å²) in [5.41, 5.74) is -0.345. The van der Waals surface area contributed by atoms with Gasteiger partial charge in [-0.05, 0) is 59.7 Å². The first-order chi connectivity index (χ1) is 9.47. The van der Waals surface area contributed by atoms with Gasteiger partial charge in [-0.15, -0.1) is 11.6 Å². The standard InChI is InChI=1S/C15H18BrClFNO/c1-10-5-7-15(9-17,8-6-10)19-14(20)11-3-2-4-12(16)13(11)18/h2-4,10H,5-9H2,1H3,(H,19,20). The molecule has 1 aromatic carbocycles. The molecule has 1 aliphatic rings. The third-order valence-electron chi connectivity index (χ3n) is 4.06. The minimum atomic E-state index is -0.529. The van der Waals surface area contributed by atoms with Gasteiger partial charge in [0.25, 0.3) is 5.91 Å². The molecule has 2 rings (SSSR count). The highest BCUT2D eigenvalue weighted by atomic mass is 79.9. The molecule has 1 aliphatic carbocycles. The normalized spacial score (nSPS) is 26.3. The Balaban J connectivity index is 2.15. The fourth-order valence-corrected chi connectivity index (χ4v) is 3.29. The molecule has 2 nitrogen and oxygen atoms in total. The van der Waals surface area contributed by atoms with Gasteiger partial charge in [0.15, 0.2) is 0 Å². The van der Waals surface area contributed by atoms with Crippen molar-refractivity contribution in [1.29, 1.82) is 0 Å². The summed E-state index contributed by atoms with van der Waals surface area (Å²) >= 11 is 9.17. The van der Waals surface area contributed by atoms with E-state index in [1.54, 1.807) is 12.1 Å². The zero-order valence-corrected chi connectivity index (χ0v) is 13.7. The summed E-state index contributed by atoms with van der Waals surface area (Å²) in [6.07, 6.45) is 3.76. The number of hydrogen-bond donors (Lipinski definition) is 1. The maximum atomic E-state index is 14.0. The lowest BCUT2D eigenvalue weighted by molar-refractivity contribution is 0.0868. The predicted molar refractivity (Wildman–Crippen MR) is 82.6 cm³/mol. The molecule has 0 saturated heterocycles. The first kappa shape index (κ1) is 15.8. The van der Waals surface area contributed by atoms with Crippen LogP contribution in [0.4, 0.5) is 4.39 Å². The molecule has 1 aromatic rings. The minimum Gasteiger partial charge on any atom is -0.345 e. The Morgan fingerprint density at radius 3 is 2.75 bits per heavy atom. The zero-order valence-electron chi connectivity index (χ0n) is 11.4. The summed E-state index contributed by atoms with van der Waals surface area (Å²) in [4.78, 5) is 12.3. The van der Waals surface area contributed by atoms with Gasteiger partial charge in [-0.2, -0.15) is 0 Å². The molecular weight excluding hydrogens is 345 g/mol. The van der Waals surface area contributed by atoms with Crippen LogP contribution in [-0.2, 0) is 0 Å². The van der Waals surface area contributed by atoms with Crippen LogP contribution in [0.5, 0.6) is 0 Å². The molecule has 0 radical (unpaired) electrons. The Labute approximate surface area is 132 Å². The average Bonchev–Trinajstić information content (AvgIpc) is 2.44. The second-order valence-electron chi connectivity index (χ2n) is 5.65. The van der Waals surface area contributed by atoms with Gasteiger partial charge in [0.2, 0.25) is 0 Å². The number of carbonyl (C=O) groups is 1. The Morgan fingerprint density at radius 1 is 1.50 bits per heavy atom. The van der Waals surface area contributed by atoms with E-state index >= 15 is 0 Å². The van der Waals surface area contributed by atoms with E-state index in [4.69, 9.17) is 11.6 Å². The fourth-order valence-electron chi connectivity index (χ4n) is 2.59. The van der Waals surface area contributed by atoms with Crippen LogP contribution in [0.3, 0.4) is 0 Å². The highest BCUT2D eigenvalue weighted by molar-refractivity contribution is 9.10. The first-order valence-corrected chi connectivity index (χ1v) is 8.13. The fraction of sp³-hybridized carbons (Fsp3) is 0.533. The van der Waals surface area contributed by atoms with E-state index < -0.39 is 11.4 Å². The van der Waals surface area contributed by atoms with Gasteiger partial charge >= 0.3 is 0 Å². The predicted octanol–water partition coefficient (Wildman–Crippen LogP) is 4.51. The van der Waals surface area contributed by atoms with Crippen molar-refractivity contribution >= 4 is 33.4 Å². The highest BCUT2D eigenvalue weighted by Gasteiger charge is 2.35. The molecule has 1 fully saturated rings. The summed E-state index contributed by atoms with van der Waals surface area (Å²) in [6, 6.07) is 4.72. The zero-order chi connectivity index (χ0) is 14.8. The van der Waals surface area contributed by atoms with Crippen LogP contribution in [0.1, 0.15) is 43.0 Å². The Kier molecular flexibility index (Phi) is 5.08. The van der Waals surface area contributed by atoms with Gasteiger partial charge in [-0.1, -0.05) is 13.0 Å². The molecule has 0 bridgehead atoms. The SMILES string of the molecule is CC1CCC(CCl)(NC(=O)c2cccc(Br)c2F)CC1. The van der Waals surface area contributed by atoms with Crippen molar-refractivity contribution < 1.29 is 9.18 Å². The van der Waals surface area contributed by atoms with Crippen LogP contribution in [0.15, 0.2) is 22.7 Å². The third-order valence-corrected chi connectivity index (χ3v) is 5.19. The average molecular weight is 363 g/mol. The molecule has 1 amide bonds.